The summed E-state index contributed by atoms with van der Waals surface area (Å²) < 4.78 is 0. The first kappa shape index (κ1) is 17.0. The van der Waals surface area contributed by atoms with E-state index in [-0.39, 0.29) is 22.2 Å². The van der Waals surface area contributed by atoms with Crippen LogP contribution in [0.25, 0.3) is 0 Å². The van der Waals surface area contributed by atoms with Gasteiger partial charge >= 0.3 is 0 Å². The lowest BCUT2D eigenvalue weighted by Gasteiger charge is -2.64. The number of thiocarbonyl (C=S) groups is 1. The Morgan fingerprint density at radius 1 is 1.23 bits per heavy atom. The normalized spacial score (nSPS) is 36.3. The maximum Gasteiger partial charge on any atom is 0.129 e. The Hall–Kier alpha value is -1.17. The average molecular weight is 373 g/mol. The fraction of sp³-hybridized carbons (Fsp3) is 0.667. The minimum absolute atomic E-state index is 0.166. The van der Waals surface area contributed by atoms with Crippen LogP contribution < -0.4 is 5.73 Å². The standard InChI is InChI=1S/C21H28N2O2S/c22-19(26)15-6-5-14-11-16-21(25)8-2-1-7-20(21,17(14)18(15)24)9-10-23(16)12-13-3-4-13/h5-6,13,16,24-25H,1-4,7-12H2,(H2,22,26)/t16-,20+,21-/m1/s1. The Morgan fingerprint density at radius 3 is 2.73 bits per heavy atom. The number of aliphatic hydroxyl groups is 1. The van der Waals surface area contributed by atoms with Crippen LogP contribution in [0.15, 0.2) is 12.1 Å². The predicted octanol–water partition coefficient (Wildman–Crippen LogP) is 2.61. The number of benzene rings is 1. The van der Waals surface area contributed by atoms with Crippen molar-refractivity contribution in [1.29, 1.82) is 0 Å². The number of rotatable bonds is 3. The lowest BCUT2D eigenvalue weighted by atomic mass is 9.49. The Labute approximate surface area is 160 Å². The van der Waals surface area contributed by atoms with Gasteiger partial charge in [0.2, 0.25) is 0 Å². The lowest BCUT2D eigenvalue weighted by molar-refractivity contribution is -0.167. The smallest absolute Gasteiger partial charge is 0.129 e. The summed E-state index contributed by atoms with van der Waals surface area (Å²) in [7, 11) is 0. The summed E-state index contributed by atoms with van der Waals surface area (Å²) in [6.45, 7) is 2.13. The highest BCUT2D eigenvalue weighted by molar-refractivity contribution is 7.80. The van der Waals surface area contributed by atoms with Crippen molar-refractivity contribution in [3.05, 3.63) is 28.8 Å². The van der Waals surface area contributed by atoms with Crippen molar-refractivity contribution in [2.75, 3.05) is 13.1 Å². The number of hydrogen-bond donors (Lipinski definition) is 3. The minimum atomic E-state index is -0.752. The summed E-state index contributed by atoms with van der Waals surface area (Å²) in [6.07, 6.45) is 8.33. The molecule has 3 atom stereocenters. The van der Waals surface area contributed by atoms with Gasteiger partial charge in [0, 0.05) is 23.6 Å². The van der Waals surface area contributed by atoms with E-state index in [4.69, 9.17) is 18.0 Å². The summed E-state index contributed by atoms with van der Waals surface area (Å²) in [5, 5.41) is 23.1. The number of piperidine rings is 1. The third kappa shape index (κ3) is 2.17. The quantitative estimate of drug-likeness (QED) is 0.712. The van der Waals surface area contributed by atoms with Crippen molar-refractivity contribution in [3.63, 3.8) is 0 Å². The number of aromatic hydroxyl groups is 1. The molecule has 5 heteroatoms. The molecule has 26 heavy (non-hydrogen) atoms. The SMILES string of the molecule is NC(=S)c1ccc2c(c1O)[C@@]13CCCC[C@@]1(O)[C@@H](C2)N(CC1CC1)CC3. The van der Waals surface area contributed by atoms with E-state index in [1.54, 1.807) is 0 Å². The molecule has 5 rings (SSSR count). The van der Waals surface area contributed by atoms with Crippen LogP contribution in [0, 0.1) is 5.92 Å². The number of hydrogen-bond acceptors (Lipinski definition) is 4. The van der Waals surface area contributed by atoms with E-state index in [9.17, 15) is 10.2 Å². The molecule has 4 N–H and O–H groups in total. The van der Waals surface area contributed by atoms with Gasteiger partial charge in [-0.15, -0.1) is 0 Å². The molecule has 0 radical (unpaired) electrons. The maximum absolute atomic E-state index is 12.0. The number of nitrogens with two attached hydrogens (primary N) is 1. The zero-order chi connectivity index (χ0) is 18.1. The van der Waals surface area contributed by atoms with Gasteiger partial charge in [0.1, 0.15) is 10.7 Å². The van der Waals surface area contributed by atoms with E-state index >= 15 is 0 Å². The maximum atomic E-state index is 12.0. The molecule has 0 amide bonds. The second-order valence-electron chi connectivity index (χ2n) is 8.98. The predicted molar refractivity (Wildman–Crippen MR) is 105 cm³/mol. The first-order valence-electron chi connectivity index (χ1n) is 10.1. The largest absolute Gasteiger partial charge is 0.507 e. The van der Waals surface area contributed by atoms with Crippen LogP contribution in [0.5, 0.6) is 5.75 Å². The molecule has 1 aromatic rings. The number of phenols is 1. The van der Waals surface area contributed by atoms with Gasteiger partial charge in [-0.25, -0.2) is 0 Å². The van der Waals surface area contributed by atoms with Gasteiger partial charge < -0.3 is 15.9 Å². The molecule has 3 fully saturated rings. The molecule has 140 valence electrons. The summed E-state index contributed by atoms with van der Waals surface area (Å²) in [5.74, 6) is 1.05. The Bertz CT molecular complexity index is 778. The first-order valence-corrected chi connectivity index (χ1v) is 10.5. The third-order valence-electron chi connectivity index (χ3n) is 7.67. The topological polar surface area (TPSA) is 69.7 Å². The zero-order valence-corrected chi connectivity index (χ0v) is 16.0. The Kier molecular flexibility index (Phi) is 3.70. The van der Waals surface area contributed by atoms with E-state index < -0.39 is 5.60 Å². The number of nitrogens with zero attached hydrogens (tertiary/aromatic N) is 1. The number of fused-ring (bicyclic) bond motifs is 1. The van der Waals surface area contributed by atoms with Crippen molar-refractivity contribution in [2.24, 2.45) is 11.7 Å². The molecule has 2 bridgehead atoms. The second kappa shape index (κ2) is 5.66. The van der Waals surface area contributed by atoms with Gasteiger partial charge in [-0.2, -0.15) is 0 Å². The van der Waals surface area contributed by atoms with Crippen LogP contribution >= 0.6 is 12.2 Å². The van der Waals surface area contributed by atoms with Crippen molar-refractivity contribution >= 4 is 17.2 Å². The molecular weight excluding hydrogens is 344 g/mol. The number of phenolic OH excluding ortho intramolecular Hbond substituents is 1. The summed E-state index contributed by atoms with van der Waals surface area (Å²) in [6, 6.07) is 4.12. The highest BCUT2D eigenvalue weighted by Gasteiger charge is 2.64. The molecule has 1 aromatic carbocycles. The van der Waals surface area contributed by atoms with Gasteiger partial charge in [0.25, 0.3) is 0 Å². The van der Waals surface area contributed by atoms with E-state index in [0.717, 1.165) is 63.1 Å². The van der Waals surface area contributed by atoms with Gasteiger partial charge in [-0.1, -0.05) is 31.1 Å². The summed E-state index contributed by atoms with van der Waals surface area (Å²) in [5.41, 5.74) is 7.44. The average Bonchev–Trinajstić information content (AvgIpc) is 3.41. The highest BCUT2D eigenvalue weighted by Crippen LogP contribution is 2.60. The van der Waals surface area contributed by atoms with E-state index in [0.29, 0.717) is 5.56 Å². The molecule has 1 saturated heterocycles. The van der Waals surface area contributed by atoms with Crippen molar-refractivity contribution in [3.8, 4) is 5.75 Å². The molecule has 0 spiro atoms. The van der Waals surface area contributed by atoms with E-state index in [2.05, 4.69) is 11.0 Å². The van der Waals surface area contributed by atoms with Gasteiger partial charge in [-0.05, 0) is 62.6 Å². The van der Waals surface area contributed by atoms with Crippen LogP contribution in [0.1, 0.15) is 61.6 Å². The zero-order valence-electron chi connectivity index (χ0n) is 15.2. The molecule has 1 heterocycles. The fourth-order valence-corrected chi connectivity index (χ4v) is 6.42. The molecular formula is C21H28N2O2S. The molecule has 0 aromatic heterocycles. The summed E-state index contributed by atoms with van der Waals surface area (Å²) in [4.78, 5) is 2.79. The second-order valence-corrected chi connectivity index (χ2v) is 9.42. The summed E-state index contributed by atoms with van der Waals surface area (Å²) >= 11 is 5.16. The monoisotopic (exact) mass is 372 g/mol. The Morgan fingerprint density at radius 2 is 2.00 bits per heavy atom. The molecule has 3 aliphatic carbocycles. The van der Waals surface area contributed by atoms with Crippen molar-refractivity contribution in [2.45, 2.75) is 68.4 Å². The highest BCUT2D eigenvalue weighted by atomic mass is 32.1. The fourth-order valence-electron chi connectivity index (χ4n) is 6.26. The minimum Gasteiger partial charge on any atom is -0.507 e. The van der Waals surface area contributed by atoms with Crippen LogP contribution in [-0.4, -0.2) is 44.8 Å². The number of likely N-dealkylation sites (tertiary alicyclic amines) is 1. The molecule has 1 aliphatic heterocycles. The third-order valence-corrected chi connectivity index (χ3v) is 7.89. The van der Waals surface area contributed by atoms with Crippen molar-refractivity contribution in [1.82, 2.24) is 4.90 Å². The molecule has 4 nitrogen and oxygen atoms in total. The Balaban J connectivity index is 1.68. The lowest BCUT2D eigenvalue weighted by Crippen LogP contribution is -2.72. The van der Waals surface area contributed by atoms with Gasteiger partial charge in [0.15, 0.2) is 0 Å². The van der Waals surface area contributed by atoms with Crippen LogP contribution in [0.3, 0.4) is 0 Å². The molecule has 0 unspecified atom stereocenters. The van der Waals surface area contributed by atoms with Crippen molar-refractivity contribution < 1.29 is 10.2 Å². The van der Waals surface area contributed by atoms with Gasteiger partial charge in [-0.3, -0.25) is 4.90 Å². The van der Waals surface area contributed by atoms with Crippen LogP contribution in [0.4, 0.5) is 0 Å². The molecule has 2 saturated carbocycles. The van der Waals surface area contributed by atoms with Crippen LogP contribution in [0.2, 0.25) is 0 Å². The molecule has 4 aliphatic rings. The first-order chi connectivity index (χ1) is 12.5. The van der Waals surface area contributed by atoms with E-state index in [1.807, 2.05) is 6.07 Å². The van der Waals surface area contributed by atoms with Crippen LogP contribution in [-0.2, 0) is 11.8 Å². The van der Waals surface area contributed by atoms with E-state index in [1.165, 1.54) is 18.4 Å². The van der Waals surface area contributed by atoms with Gasteiger partial charge in [0.05, 0.1) is 11.2 Å².